The molecule has 0 N–H and O–H groups in total. The van der Waals surface area contributed by atoms with Crippen LogP contribution in [0.3, 0.4) is 0 Å². The molecular formula is C8H16ClNO2+2. The zero-order valence-electron chi connectivity index (χ0n) is 8.66. The monoisotopic (exact) mass is 193 g/mol. The number of hydrogen-bond acceptors (Lipinski definition) is 2. The Morgan fingerprint density at radius 1 is 1.42 bits per heavy atom. The number of allylic oxidation sites excluding steroid dienone is 1. The van der Waals surface area contributed by atoms with E-state index in [4.69, 9.17) is 0 Å². The number of carbonyl (C=O) groups excluding carboxylic acids is 2. The molecule has 70 valence electrons. The summed E-state index contributed by atoms with van der Waals surface area (Å²) in [6.45, 7) is 3.29. The molecule has 3 nitrogen and oxygen atoms in total. The summed E-state index contributed by atoms with van der Waals surface area (Å²) in [5, 5.41) is 0. The second-order valence-electron chi connectivity index (χ2n) is 3.25. The van der Waals surface area contributed by atoms with E-state index < -0.39 is 0 Å². The van der Waals surface area contributed by atoms with Gasteiger partial charge in [0, 0.05) is 0 Å². The standard InChI is InChI=1S/C8H14NO2.ClH/c1-5-7(10)6-8(11)9(2,3)4;/h5H,1,6H2,2-4H3;1H/q+1;/p+1. The number of nitrogens with zero attached hydrogens (tertiary/aromatic N) is 1. The van der Waals surface area contributed by atoms with E-state index in [1.54, 1.807) is 21.1 Å². The Labute approximate surface area is 80.5 Å². The first-order valence-electron chi connectivity index (χ1n) is 3.38. The van der Waals surface area contributed by atoms with Gasteiger partial charge in [0.15, 0.2) is 5.78 Å². The van der Waals surface area contributed by atoms with Crippen molar-refractivity contribution in [3.8, 4) is 0 Å². The van der Waals surface area contributed by atoms with Gasteiger partial charge in [-0.3, -0.25) is 9.28 Å². The van der Waals surface area contributed by atoms with Gasteiger partial charge in [-0.15, -0.1) is 12.4 Å². The first-order valence-corrected chi connectivity index (χ1v) is 3.38. The van der Waals surface area contributed by atoms with Crippen LogP contribution in [0.5, 0.6) is 0 Å². The normalized spacial score (nSPS) is 9.92. The summed E-state index contributed by atoms with van der Waals surface area (Å²) in [5.41, 5.74) is 0. The molecule has 12 heavy (non-hydrogen) atoms. The second-order valence-corrected chi connectivity index (χ2v) is 3.25. The third-order valence-corrected chi connectivity index (χ3v) is 1.30. The SMILES string of the molecule is C=CC(=O)CC(=O)[N+](C)(C)C.Cl.[H+]. The lowest BCUT2D eigenvalue weighted by atomic mass is 10.2. The van der Waals surface area contributed by atoms with Gasteiger partial charge in [0.25, 0.3) is 0 Å². The molecule has 0 fully saturated rings. The largest absolute Gasteiger partial charge is 1.00 e. The number of quaternary nitrogens is 1. The Bertz CT molecular complexity index is 199. The number of ketones is 1. The summed E-state index contributed by atoms with van der Waals surface area (Å²) < 4.78 is 0.180. The van der Waals surface area contributed by atoms with E-state index in [0.717, 1.165) is 0 Å². The van der Waals surface area contributed by atoms with Crippen LogP contribution >= 0.6 is 12.4 Å². The van der Waals surface area contributed by atoms with Gasteiger partial charge in [-0.25, -0.2) is 4.79 Å². The van der Waals surface area contributed by atoms with Crippen molar-refractivity contribution in [2.75, 3.05) is 21.1 Å². The average Bonchev–Trinajstić information content (AvgIpc) is 1.85. The van der Waals surface area contributed by atoms with Crippen molar-refractivity contribution in [2.45, 2.75) is 6.42 Å². The van der Waals surface area contributed by atoms with Crippen LogP contribution in [0.1, 0.15) is 7.85 Å². The van der Waals surface area contributed by atoms with Gasteiger partial charge < -0.3 is 0 Å². The van der Waals surface area contributed by atoms with Crippen LogP contribution in [-0.2, 0) is 9.59 Å². The summed E-state index contributed by atoms with van der Waals surface area (Å²) >= 11 is 0. The average molecular weight is 194 g/mol. The van der Waals surface area contributed by atoms with Crippen LogP contribution in [0.2, 0.25) is 0 Å². The molecule has 0 saturated heterocycles. The van der Waals surface area contributed by atoms with Gasteiger partial charge in [-0.05, 0) is 6.08 Å². The lowest BCUT2D eigenvalue weighted by molar-refractivity contribution is -0.792. The third-order valence-electron chi connectivity index (χ3n) is 1.30. The van der Waals surface area contributed by atoms with E-state index in [9.17, 15) is 9.59 Å². The predicted octanol–water partition coefficient (Wildman–Crippen LogP) is 0.899. The first kappa shape index (κ1) is 13.9. The number of rotatable bonds is 3. The van der Waals surface area contributed by atoms with Crippen molar-refractivity contribution in [1.82, 2.24) is 0 Å². The molecule has 0 atom stereocenters. The molecule has 0 aromatic rings. The van der Waals surface area contributed by atoms with Crippen LogP contribution in [0.25, 0.3) is 0 Å². The lowest BCUT2D eigenvalue weighted by Gasteiger charge is -2.19. The number of halogens is 1. The summed E-state index contributed by atoms with van der Waals surface area (Å²) in [6, 6.07) is 0. The maximum Gasteiger partial charge on any atom is 1.00 e. The topological polar surface area (TPSA) is 34.1 Å². The highest BCUT2D eigenvalue weighted by molar-refractivity contribution is 6.01. The number of carbonyl (C=O) groups is 2. The number of hydrogen-bond donors (Lipinski definition) is 0. The van der Waals surface area contributed by atoms with Gasteiger partial charge in [0.2, 0.25) is 0 Å². The third kappa shape index (κ3) is 5.04. The maximum absolute atomic E-state index is 11.1. The quantitative estimate of drug-likeness (QED) is 0.379. The van der Waals surface area contributed by atoms with Crippen LogP contribution in [0, 0.1) is 0 Å². The molecular weight excluding hydrogens is 178 g/mol. The number of amides is 1. The summed E-state index contributed by atoms with van der Waals surface area (Å²) in [5.74, 6) is -0.321. The highest BCUT2D eigenvalue weighted by Gasteiger charge is 2.21. The van der Waals surface area contributed by atoms with Crippen LogP contribution in [0.15, 0.2) is 12.7 Å². The molecule has 0 heterocycles. The Hall–Kier alpha value is -0.670. The highest BCUT2D eigenvalue weighted by atomic mass is 35.5. The molecule has 0 aliphatic carbocycles. The molecule has 0 rings (SSSR count). The Balaban J connectivity index is -0.000000500. The fourth-order valence-electron chi connectivity index (χ4n) is 0.458. The van der Waals surface area contributed by atoms with Gasteiger partial charge in [0.05, 0.1) is 21.1 Å². The van der Waals surface area contributed by atoms with Gasteiger partial charge in [-0.1, -0.05) is 6.58 Å². The van der Waals surface area contributed by atoms with Crippen molar-refractivity contribution in [1.29, 1.82) is 0 Å². The lowest BCUT2D eigenvalue weighted by Crippen LogP contribution is -2.41. The minimum Gasteiger partial charge on any atom is -0.294 e. The second kappa shape index (κ2) is 5.06. The molecule has 0 aromatic heterocycles. The minimum absolute atomic E-state index is 0. The Morgan fingerprint density at radius 3 is 2.08 bits per heavy atom. The van der Waals surface area contributed by atoms with Gasteiger partial charge in [-0.2, -0.15) is 0 Å². The van der Waals surface area contributed by atoms with E-state index in [0.29, 0.717) is 0 Å². The fraction of sp³-hybridized carbons (Fsp3) is 0.500. The molecule has 0 radical (unpaired) electrons. The molecule has 0 spiro atoms. The van der Waals surface area contributed by atoms with Crippen molar-refractivity contribution >= 4 is 24.1 Å². The molecule has 0 unspecified atom stereocenters. The molecule has 1 amide bonds. The van der Waals surface area contributed by atoms with Crippen LogP contribution in [0.4, 0.5) is 0 Å². The highest BCUT2D eigenvalue weighted by Crippen LogP contribution is 1.97. The van der Waals surface area contributed by atoms with E-state index in [2.05, 4.69) is 6.58 Å². The van der Waals surface area contributed by atoms with E-state index in [1.807, 2.05) is 0 Å². The molecule has 0 bridgehead atoms. The van der Waals surface area contributed by atoms with Crippen molar-refractivity contribution < 1.29 is 15.5 Å². The molecule has 4 heteroatoms. The Kier molecular flexibility index (Phi) is 5.86. The molecule has 0 saturated carbocycles. The zero-order chi connectivity index (χ0) is 9.07. The molecule has 0 aliphatic rings. The predicted molar refractivity (Wildman–Crippen MR) is 51.2 cm³/mol. The van der Waals surface area contributed by atoms with Crippen molar-refractivity contribution in [3.05, 3.63) is 12.7 Å². The van der Waals surface area contributed by atoms with Crippen molar-refractivity contribution in [3.63, 3.8) is 0 Å². The minimum atomic E-state index is -0.219. The van der Waals surface area contributed by atoms with E-state index in [-0.39, 0.29) is 36.4 Å². The van der Waals surface area contributed by atoms with Crippen LogP contribution < -0.4 is 0 Å². The Morgan fingerprint density at radius 2 is 1.83 bits per heavy atom. The molecule has 0 aliphatic heterocycles. The summed E-state index contributed by atoms with van der Waals surface area (Å²) in [7, 11) is 5.20. The zero-order valence-corrected chi connectivity index (χ0v) is 8.48. The fourth-order valence-corrected chi connectivity index (χ4v) is 0.458. The molecule has 0 aromatic carbocycles. The van der Waals surface area contributed by atoms with Crippen molar-refractivity contribution in [2.24, 2.45) is 0 Å². The van der Waals surface area contributed by atoms with Gasteiger partial charge in [0.1, 0.15) is 6.42 Å². The first-order chi connectivity index (χ1) is 4.88. The summed E-state index contributed by atoms with van der Waals surface area (Å²) in [4.78, 5) is 21.9. The maximum atomic E-state index is 11.1. The van der Waals surface area contributed by atoms with Gasteiger partial charge >= 0.3 is 7.33 Å². The smallest absolute Gasteiger partial charge is 0.294 e. The van der Waals surface area contributed by atoms with Crippen LogP contribution in [-0.4, -0.2) is 37.3 Å². The van der Waals surface area contributed by atoms with E-state index >= 15 is 0 Å². The van der Waals surface area contributed by atoms with E-state index in [1.165, 1.54) is 6.08 Å². The summed E-state index contributed by atoms with van der Waals surface area (Å²) in [6.07, 6.45) is 1.13.